The van der Waals surface area contributed by atoms with E-state index in [4.69, 9.17) is 27.7 Å². The Labute approximate surface area is 149 Å². The molecule has 0 amide bonds. The molecule has 130 valence electrons. The van der Waals surface area contributed by atoms with Gasteiger partial charge in [0.1, 0.15) is 10.0 Å². The van der Waals surface area contributed by atoms with E-state index >= 15 is 0 Å². The van der Waals surface area contributed by atoms with Gasteiger partial charge < -0.3 is 4.52 Å². The maximum atomic E-state index is 12.7. The zero-order chi connectivity index (χ0) is 17.3. The Morgan fingerprint density at radius 3 is 2.46 bits per heavy atom. The molecule has 2 aromatic heterocycles. The van der Waals surface area contributed by atoms with E-state index in [-0.39, 0.29) is 15.2 Å². The zero-order valence-electron chi connectivity index (χ0n) is 12.8. The smallest absolute Gasteiger partial charge is 0.246 e. The average molecular weight is 392 g/mol. The Balaban J connectivity index is 1.67. The van der Waals surface area contributed by atoms with E-state index in [2.05, 4.69) is 20.0 Å². The number of aromatic nitrogens is 3. The number of halogens is 2. The number of aryl methyl sites for hydroxylation is 1. The molecule has 0 saturated carbocycles. The van der Waals surface area contributed by atoms with Gasteiger partial charge in [-0.25, -0.2) is 13.4 Å². The molecule has 0 aliphatic carbocycles. The van der Waals surface area contributed by atoms with Crippen molar-refractivity contribution in [2.24, 2.45) is 0 Å². The van der Waals surface area contributed by atoms with Gasteiger partial charge in [0.2, 0.25) is 15.9 Å². The average Bonchev–Trinajstić information content (AvgIpc) is 2.92. The molecule has 2 aromatic rings. The minimum Gasteiger partial charge on any atom is -0.340 e. The van der Waals surface area contributed by atoms with Crippen molar-refractivity contribution in [2.45, 2.75) is 18.4 Å². The van der Waals surface area contributed by atoms with E-state index < -0.39 is 10.0 Å². The monoisotopic (exact) mass is 391 g/mol. The molecule has 0 bridgehead atoms. The summed E-state index contributed by atoms with van der Waals surface area (Å²) in [4.78, 5) is 9.98. The van der Waals surface area contributed by atoms with Crippen LogP contribution >= 0.6 is 23.2 Å². The lowest BCUT2D eigenvalue weighted by molar-refractivity contribution is 0.176. The number of rotatable bonds is 4. The number of hydrogen-bond donors (Lipinski definition) is 0. The maximum absolute atomic E-state index is 12.7. The van der Waals surface area contributed by atoms with Gasteiger partial charge in [0.05, 0.1) is 6.54 Å². The first-order chi connectivity index (χ1) is 11.4. The Morgan fingerprint density at radius 1 is 1.17 bits per heavy atom. The van der Waals surface area contributed by atoms with Gasteiger partial charge in [0, 0.05) is 33.1 Å². The molecule has 0 atom stereocenters. The Hall–Kier alpha value is -1.26. The fourth-order valence-electron chi connectivity index (χ4n) is 2.46. The van der Waals surface area contributed by atoms with Crippen LogP contribution in [0.15, 0.2) is 21.6 Å². The third-order valence-electron chi connectivity index (χ3n) is 3.66. The van der Waals surface area contributed by atoms with Gasteiger partial charge in [-0.2, -0.15) is 9.29 Å². The van der Waals surface area contributed by atoms with Crippen LogP contribution in [0.1, 0.15) is 11.7 Å². The highest BCUT2D eigenvalue weighted by atomic mass is 35.5. The minimum absolute atomic E-state index is 0.0317. The molecule has 1 fully saturated rings. The quantitative estimate of drug-likeness (QED) is 0.730. The Kier molecular flexibility index (Phi) is 5.07. The molecule has 1 aliphatic heterocycles. The summed E-state index contributed by atoms with van der Waals surface area (Å²) in [5.41, 5.74) is 0. The van der Waals surface area contributed by atoms with E-state index in [1.165, 1.54) is 16.4 Å². The van der Waals surface area contributed by atoms with Crippen LogP contribution in [0.25, 0.3) is 0 Å². The summed E-state index contributed by atoms with van der Waals surface area (Å²) in [7, 11) is -3.70. The summed E-state index contributed by atoms with van der Waals surface area (Å²) in [6, 6.07) is 2.79. The SMILES string of the molecule is Cc1nc(CN2CCN(S(=O)(=O)c3ccc(Cl)nc3Cl)CC2)no1. The Morgan fingerprint density at radius 2 is 1.88 bits per heavy atom. The minimum atomic E-state index is -3.70. The van der Waals surface area contributed by atoms with Gasteiger partial charge in [-0.3, -0.25) is 4.90 Å². The number of nitrogens with zero attached hydrogens (tertiary/aromatic N) is 5. The summed E-state index contributed by atoms with van der Waals surface area (Å²) in [6.45, 7) is 4.06. The topological polar surface area (TPSA) is 92.4 Å². The Bertz CT molecular complexity index is 834. The summed E-state index contributed by atoms with van der Waals surface area (Å²) in [6.07, 6.45) is 0. The van der Waals surface area contributed by atoms with Crippen molar-refractivity contribution in [1.29, 1.82) is 0 Å². The molecule has 0 unspecified atom stereocenters. The molecule has 1 aliphatic rings. The predicted molar refractivity (Wildman–Crippen MR) is 87.3 cm³/mol. The molecule has 0 spiro atoms. The highest BCUT2D eigenvalue weighted by Crippen LogP contribution is 2.25. The molecule has 3 rings (SSSR count). The van der Waals surface area contributed by atoms with Crippen molar-refractivity contribution in [3.63, 3.8) is 0 Å². The number of hydrogen-bond acceptors (Lipinski definition) is 7. The van der Waals surface area contributed by atoms with Crippen molar-refractivity contribution in [3.8, 4) is 0 Å². The van der Waals surface area contributed by atoms with Crippen LogP contribution in [-0.4, -0.2) is 58.9 Å². The first-order valence-electron chi connectivity index (χ1n) is 7.20. The van der Waals surface area contributed by atoms with E-state index in [1.807, 2.05) is 0 Å². The van der Waals surface area contributed by atoms with Gasteiger partial charge in [-0.1, -0.05) is 28.4 Å². The van der Waals surface area contributed by atoms with Crippen LogP contribution in [0.5, 0.6) is 0 Å². The lowest BCUT2D eigenvalue weighted by Gasteiger charge is -2.33. The third kappa shape index (κ3) is 3.70. The summed E-state index contributed by atoms with van der Waals surface area (Å²) < 4.78 is 31.7. The molecule has 0 radical (unpaired) electrons. The van der Waals surface area contributed by atoms with Crippen molar-refractivity contribution >= 4 is 33.2 Å². The normalized spacial score (nSPS) is 17.3. The first-order valence-corrected chi connectivity index (χ1v) is 9.39. The van der Waals surface area contributed by atoms with Crippen LogP contribution in [0, 0.1) is 6.92 Å². The van der Waals surface area contributed by atoms with Gasteiger partial charge in [0.25, 0.3) is 0 Å². The number of pyridine rings is 1. The van der Waals surface area contributed by atoms with Crippen LogP contribution in [0.4, 0.5) is 0 Å². The largest absolute Gasteiger partial charge is 0.340 e. The fraction of sp³-hybridized carbons (Fsp3) is 0.462. The lowest BCUT2D eigenvalue weighted by atomic mass is 10.3. The second kappa shape index (κ2) is 6.93. The predicted octanol–water partition coefficient (Wildman–Crippen LogP) is 1.59. The fourth-order valence-corrected chi connectivity index (χ4v) is 4.52. The van der Waals surface area contributed by atoms with Crippen LogP contribution in [0.2, 0.25) is 10.3 Å². The summed E-state index contributed by atoms with van der Waals surface area (Å²) >= 11 is 11.7. The molecular formula is C13H15Cl2N5O3S. The molecule has 24 heavy (non-hydrogen) atoms. The zero-order valence-corrected chi connectivity index (χ0v) is 15.1. The highest BCUT2D eigenvalue weighted by molar-refractivity contribution is 7.89. The maximum Gasteiger partial charge on any atom is 0.246 e. The highest BCUT2D eigenvalue weighted by Gasteiger charge is 2.31. The number of piperazine rings is 1. The van der Waals surface area contributed by atoms with Crippen molar-refractivity contribution in [2.75, 3.05) is 26.2 Å². The molecule has 1 saturated heterocycles. The van der Waals surface area contributed by atoms with E-state index in [0.717, 1.165) is 0 Å². The molecule has 0 aromatic carbocycles. The molecule has 8 nitrogen and oxygen atoms in total. The molecule has 11 heteroatoms. The van der Waals surface area contributed by atoms with E-state index in [9.17, 15) is 8.42 Å². The third-order valence-corrected chi connectivity index (χ3v) is 6.21. The van der Waals surface area contributed by atoms with Crippen LogP contribution in [-0.2, 0) is 16.6 Å². The molecule has 3 heterocycles. The second-order valence-corrected chi connectivity index (χ2v) is 7.98. The molecular weight excluding hydrogens is 377 g/mol. The molecule has 0 N–H and O–H groups in total. The van der Waals surface area contributed by atoms with Crippen LogP contribution < -0.4 is 0 Å². The van der Waals surface area contributed by atoms with Gasteiger partial charge in [-0.05, 0) is 12.1 Å². The summed E-state index contributed by atoms with van der Waals surface area (Å²) in [5, 5.41) is 3.88. The van der Waals surface area contributed by atoms with Crippen LogP contribution in [0.3, 0.4) is 0 Å². The number of sulfonamides is 1. The first kappa shape index (κ1) is 17.6. The van der Waals surface area contributed by atoms with E-state index in [1.54, 1.807) is 6.92 Å². The second-order valence-electron chi connectivity index (χ2n) is 5.33. The van der Waals surface area contributed by atoms with Crippen molar-refractivity contribution in [3.05, 3.63) is 34.2 Å². The standard InChI is InChI=1S/C13H15Cl2N5O3S/c1-9-16-12(18-23-9)8-19-4-6-20(7-5-19)24(21,22)10-2-3-11(14)17-13(10)15/h2-3H,4-8H2,1H3. The lowest BCUT2D eigenvalue weighted by Crippen LogP contribution is -2.48. The van der Waals surface area contributed by atoms with E-state index in [0.29, 0.717) is 44.4 Å². The summed E-state index contributed by atoms with van der Waals surface area (Å²) in [5.74, 6) is 1.10. The van der Waals surface area contributed by atoms with Crippen molar-refractivity contribution < 1.29 is 12.9 Å². The van der Waals surface area contributed by atoms with Gasteiger partial charge in [-0.15, -0.1) is 0 Å². The van der Waals surface area contributed by atoms with Crippen molar-refractivity contribution in [1.82, 2.24) is 24.3 Å². The van der Waals surface area contributed by atoms with Gasteiger partial charge >= 0.3 is 0 Å². The van der Waals surface area contributed by atoms with Gasteiger partial charge in [0.15, 0.2) is 11.0 Å².